The molecule has 6 nitrogen and oxygen atoms in total. The number of esters is 3. The quantitative estimate of drug-likeness (QED) is 0.161. The van der Waals surface area contributed by atoms with E-state index < -0.39 is 21.7 Å². The minimum atomic E-state index is -1.46. The topological polar surface area (TPSA) is 78.9 Å². The number of fused-ring (bicyclic) bond motifs is 2. The number of ether oxygens (including phenoxy) is 3. The molecule has 27 heavy (non-hydrogen) atoms. The number of rotatable bonds is 7. The molecule has 0 N–H and O–H groups in total. The summed E-state index contributed by atoms with van der Waals surface area (Å²) < 4.78 is 16.0. The Morgan fingerprint density at radius 1 is 1.30 bits per heavy atom. The molecule has 1 fully saturated rings. The summed E-state index contributed by atoms with van der Waals surface area (Å²) in [5, 5.41) is 0. The molecule has 0 saturated carbocycles. The normalized spacial score (nSPS) is 28.5. The van der Waals surface area contributed by atoms with E-state index in [1.54, 1.807) is 12.2 Å². The third kappa shape index (κ3) is 3.54. The summed E-state index contributed by atoms with van der Waals surface area (Å²) in [5.41, 5.74) is -1.46. The van der Waals surface area contributed by atoms with Crippen LogP contribution in [-0.2, 0) is 28.6 Å². The molecule has 0 amide bonds. The second kappa shape index (κ2) is 7.87. The number of hydrogen-bond acceptors (Lipinski definition) is 6. The second-order valence-corrected chi connectivity index (χ2v) is 9.72. The Morgan fingerprint density at radius 2 is 2.04 bits per heavy atom. The summed E-state index contributed by atoms with van der Waals surface area (Å²) in [7, 11) is 1.29. The van der Waals surface area contributed by atoms with Gasteiger partial charge in [-0.1, -0.05) is 0 Å². The van der Waals surface area contributed by atoms with Crippen LogP contribution < -0.4 is 4.46 Å². The van der Waals surface area contributed by atoms with E-state index >= 15 is 0 Å². The van der Waals surface area contributed by atoms with Gasteiger partial charge in [0, 0.05) is 0 Å². The number of carbonyl (C=O) groups is 3. The monoisotopic (exact) mass is 438 g/mol. The minimum absolute atomic E-state index is 0.193. The van der Waals surface area contributed by atoms with Gasteiger partial charge in [-0.15, -0.1) is 0 Å². The van der Waals surface area contributed by atoms with Crippen LogP contribution in [0.4, 0.5) is 0 Å². The molecule has 4 rings (SSSR count). The maximum atomic E-state index is 12.9. The van der Waals surface area contributed by atoms with Crippen LogP contribution in [0.2, 0.25) is 4.31 Å². The molecule has 0 unspecified atom stereocenters. The Labute approximate surface area is 164 Å². The van der Waals surface area contributed by atoms with E-state index in [1.807, 2.05) is 30.3 Å². The van der Waals surface area contributed by atoms with Crippen molar-refractivity contribution in [1.29, 1.82) is 0 Å². The van der Waals surface area contributed by atoms with Crippen molar-refractivity contribution in [1.82, 2.24) is 0 Å². The molecule has 2 aliphatic heterocycles. The third-order valence-electron chi connectivity index (χ3n) is 4.98. The van der Waals surface area contributed by atoms with Crippen LogP contribution in [-0.4, -0.2) is 52.7 Å². The Balaban J connectivity index is 1.99. The van der Waals surface area contributed by atoms with Gasteiger partial charge in [0.25, 0.3) is 0 Å². The Hall–Kier alpha value is -2.11. The zero-order valence-electron chi connectivity index (χ0n) is 15.3. The molecule has 3 atom stereocenters. The van der Waals surface area contributed by atoms with Gasteiger partial charge in [0.2, 0.25) is 0 Å². The zero-order valence-corrected chi connectivity index (χ0v) is 17.0. The zero-order chi connectivity index (χ0) is 19.5. The van der Waals surface area contributed by atoms with Crippen molar-refractivity contribution in [2.75, 3.05) is 13.7 Å². The summed E-state index contributed by atoms with van der Waals surface area (Å²) in [6, 6.07) is 9.85. The fourth-order valence-electron chi connectivity index (χ4n) is 3.78. The molecule has 2 heterocycles. The molecule has 1 aliphatic carbocycles. The van der Waals surface area contributed by atoms with Gasteiger partial charge < -0.3 is 0 Å². The van der Waals surface area contributed by atoms with Crippen LogP contribution in [0.5, 0.6) is 0 Å². The van der Waals surface area contributed by atoms with Crippen LogP contribution in [0.3, 0.4) is 0 Å². The second-order valence-electron chi connectivity index (χ2n) is 6.66. The SMILES string of the molecule is COC(=O)[C@]12C=C[C@H](C[C@]1(CCCOC(C)=O)[Se]c1ccccc1)OC2=O. The van der Waals surface area contributed by atoms with Crippen molar-refractivity contribution in [2.24, 2.45) is 5.41 Å². The number of methoxy groups -OCH3 is 1. The molecule has 3 aliphatic rings. The fraction of sp³-hybridized carbons (Fsp3) is 0.450. The van der Waals surface area contributed by atoms with Crippen LogP contribution in [0, 0.1) is 5.41 Å². The van der Waals surface area contributed by atoms with Crippen LogP contribution in [0.25, 0.3) is 0 Å². The first kappa shape index (κ1) is 19.6. The number of benzene rings is 1. The fourth-order valence-corrected chi connectivity index (χ4v) is 7.21. The summed E-state index contributed by atoms with van der Waals surface area (Å²) in [5.74, 6) is -1.48. The standard InChI is InChI=1S/C20H22O6Se/c1-14(21)25-12-6-10-19(27-16-7-4-3-5-8-16)13-15-9-11-20(19,17(22)24-2)18(23)26-15/h3-5,7-9,11,15H,6,10,12-13H2,1-2H3/t15-,19+,20+/m1/s1. The van der Waals surface area contributed by atoms with Crippen LogP contribution in [0.1, 0.15) is 26.2 Å². The van der Waals surface area contributed by atoms with Crippen molar-refractivity contribution in [3.8, 4) is 0 Å². The van der Waals surface area contributed by atoms with Gasteiger partial charge in [-0.25, -0.2) is 0 Å². The molecule has 0 spiro atoms. The van der Waals surface area contributed by atoms with Gasteiger partial charge in [-0.3, -0.25) is 0 Å². The molecule has 2 bridgehead atoms. The summed E-state index contributed by atoms with van der Waals surface area (Å²) in [6.07, 6.45) is 4.78. The average Bonchev–Trinajstić information content (AvgIpc) is 2.65. The summed E-state index contributed by atoms with van der Waals surface area (Å²) in [4.78, 5) is 36.8. The van der Waals surface area contributed by atoms with E-state index in [9.17, 15) is 14.4 Å². The van der Waals surface area contributed by atoms with Gasteiger partial charge in [0.1, 0.15) is 0 Å². The molecule has 1 saturated heterocycles. The molecule has 1 aromatic carbocycles. The first-order chi connectivity index (χ1) is 12.9. The Kier molecular flexibility index (Phi) is 5.72. The average molecular weight is 437 g/mol. The third-order valence-corrected chi connectivity index (χ3v) is 8.32. The van der Waals surface area contributed by atoms with Crippen molar-refractivity contribution in [2.45, 2.75) is 36.6 Å². The van der Waals surface area contributed by atoms with E-state index in [0.29, 0.717) is 19.3 Å². The number of hydrogen-bond donors (Lipinski definition) is 0. The van der Waals surface area contributed by atoms with E-state index in [0.717, 1.165) is 4.46 Å². The van der Waals surface area contributed by atoms with E-state index in [2.05, 4.69) is 0 Å². The number of carbonyl (C=O) groups excluding carboxylic acids is 3. The summed E-state index contributed by atoms with van der Waals surface area (Å²) >= 11 is -0.193. The molecule has 0 aromatic heterocycles. The maximum absolute atomic E-state index is 12.9. The van der Waals surface area contributed by atoms with Gasteiger partial charge in [-0.2, -0.15) is 0 Å². The molecular formula is C20H22O6Se. The first-order valence-electron chi connectivity index (χ1n) is 8.80. The van der Waals surface area contributed by atoms with Gasteiger partial charge in [-0.05, 0) is 0 Å². The van der Waals surface area contributed by atoms with Crippen molar-refractivity contribution >= 4 is 37.3 Å². The van der Waals surface area contributed by atoms with E-state index in [1.165, 1.54) is 14.0 Å². The van der Waals surface area contributed by atoms with Crippen molar-refractivity contribution in [3.63, 3.8) is 0 Å². The molecular weight excluding hydrogens is 415 g/mol. The predicted octanol–water partition coefficient (Wildman–Crippen LogP) is 1.56. The van der Waals surface area contributed by atoms with Crippen molar-refractivity contribution in [3.05, 3.63) is 42.5 Å². The van der Waals surface area contributed by atoms with Crippen LogP contribution in [0.15, 0.2) is 42.5 Å². The van der Waals surface area contributed by atoms with E-state index in [-0.39, 0.29) is 33.6 Å². The van der Waals surface area contributed by atoms with Crippen molar-refractivity contribution < 1.29 is 28.6 Å². The Morgan fingerprint density at radius 3 is 2.67 bits per heavy atom. The van der Waals surface area contributed by atoms with Gasteiger partial charge in [0.05, 0.1) is 0 Å². The van der Waals surface area contributed by atoms with Gasteiger partial charge in [0.15, 0.2) is 0 Å². The molecule has 0 radical (unpaired) electrons. The predicted molar refractivity (Wildman–Crippen MR) is 98.5 cm³/mol. The summed E-state index contributed by atoms with van der Waals surface area (Å²) in [6.45, 7) is 1.62. The molecule has 1 aromatic rings. The molecule has 144 valence electrons. The van der Waals surface area contributed by atoms with Gasteiger partial charge >= 0.3 is 164 Å². The van der Waals surface area contributed by atoms with E-state index in [4.69, 9.17) is 14.2 Å². The molecule has 7 heteroatoms. The first-order valence-corrected chi connectivity index (χ1v) is 10.5. The Bertz CT molecular complexity index is 761. The van der Waals surface area contributed by atoms with Crippen LogP contribution >= 0.6 is 0 Å².